The molecule has 0 bridgehead atoms. The Morgan fingerprint density at radius 3 is 2.04 bits per heavy atom. The fourth-order valence-corrected chi connectivity index (χ4v) is 3.08. The molecule has 0 amide bonds. The van der Waals surface area contributed by atoms with E-state index in [2.05, 4.69) is 45.9 Å². The zero-order valence-electron chi connectivity index (χ0n) is 15.7. The van der Waals surface area contributed by atoms with Gasteiger partial charge in [-0.1, -0.05) is 48.5 Å². The van der Waals surface area contributed by atoms with Gasteiger partial charge in [-0.25, -0.2) is 0 Å². The van der Waals surface area contributed by atoms with Gasteiger partial charge in [-0.05, 0) is 56.7 Å². The van der Waals surface area contributed by atoms with Gasteiger partial charge in [0.15, 0.2) is 0 Å². The Kier molecular flexibility index (Phi) is 4.05. The van der Waals surface area contributed by atoms with Crippen molar-refractivity contribution in [2.45, 2.75) is 38.9 Å². The molecule has 0 radical (unpaired) electrons. The number of rotatable bonds is 3. The Balaban J connectivity index is 1.55. The van der Waals surface area contributed by atoms with Crippen LogP contribution in [0.2, 0.25) is 0 Å². The minimum absolute atomic E-state index is 0.338. The molecule has 0 saturated carbocycles. The van der Waals surface area contributed by atoms with Gasteiger partial charge in [0.2, 0.25) is 0 Å². The van der Waals surface area contributed by atoms with Crippen LogP contribution in [-0.4, -0.2) is 18.3 Å². The monoisotopic (exact) mass is 346 g/mol. The Morgan fingerprint density at radius 1 is 0.731 bits per heavy atom. The summed E-state index contributed by atoms with van der Waals surface area (Å²) in [6, 6.07) is 22.2. The molecule has 4 rings (SSSR count). The molecule has 0 atom stereocenters. The van der Waals surface area contributed by atoms with Gasteiger partial charge in [0.05, 0.1) is 11.2 Å². The van der Waals surface area contributed by atoms with Gasteiger partial charge in [0.1, 0.15) is 11.5 Å². The third-order valence-corrected chi connectivity index (χ3v) is 5.38. The largest absolute Gasteiger partial charge is 0.494 e. The second-order valence-corrected chi connectivity index (χ2v) is 7.74. The molecule has 1 heterocycles. The molecule has 1 saturated heterocycles. The molecule has 0 unspecified atom stereocenters. The summed E-state index contributed by atoms with van der Waals surface area (Å²) in [5, 5.41) is 2.27. The van der Waals surface area contributed by atoms with Crippen molar-refractivity contribution in [3.63, 3.8) is 0 Å². The quantitative estimate of drug-likeness (QED) is 0.629. The Bertz CT molecular complexity index is 910. The van der Waals surface area contributed by atoms with Crippen molar-refractivity contribution >= 4 is 23.4 Å². The van der Waals surface area contributed by atoms with Gasteiger partial charge in [-0.3, -0.25) is 0 Å². The predicted molar refractivity (Wildman–Crippen MR) is 106 cm³/mol. The Labute approximate surface area is 155 Å². The first kappa shape index (κ1) is 17.1. The molecule has 3 aromatic rings. The van der Waals surface area contributed by atoms with E-state index in [0.717, 1.165) is 22.3 Å². The first-order valence-corrected chi connectivity index (χ1v) is 8.97. The van der Waals surface area contributed by atoms with Crippen LogP contribution in [0.5, 0.6) is 11.5 Å². The molecule has 0 aromatic heterocycles. The summed E-state index contributed by atoms with van der Waals surface area (Å²) in [4.78, 5) is 0. The van der Waals surface area contributed by atoms with E-state index in [1.807, 2.05) is 48.5 Å². The molecule has 132 valence electrons. The van der Waals surface area contributed by atoms with Crippen molar-refractivity contribution in [1.82, 2.24) is 0 Å². The molecular formula is C22H23BO3. The predicted octanol–water partition coefficient (Wildman–Crippen LogP) is 4.93. The minimum Gasteiger partial charge on any atom is -0.457 e. The number of ether oxygens (including phenoxy) is 1. The highest BCUT2D eigenvalue weighted by atomic mass is 16.7. The van der Waals surface area contributed by atoms with E-state index in [9.17, 15) is 0 Å². The molecule has 1 aliphatic heterocycles. The average molecular weight is 346 g/mol. The van der Waals surface area contributed by atoms with Crippen LogP contribution in [0.1, 0.15) is 27.7 Å². The minimum atomic E-state index is -0.355. The van der Waals surface area contributed by atoms with Crippen LogP contribution in [0, 0.1) is 0 Å². The van der Waals surface area contributed by atoms with Crippen molar-refractivity contribution in [2.24, 2.45) is 0 Å². The normalized spacial score (nSPS) is 18.2. The van der Waals surface area contributed by atoms with E-state index < -0.39 is 0 Å². The molecule has 3 nitrogen and oxygen atoms in total. The van der Waals surface area contributed by atoms with E-state index in [-0.39, 0.29) is 18.3 Å². The second kappa shape index (κ2) is 6.15. The molecule has 1 fully saturated rings. The second-order valence-electron chi connectivity index (χ2n) is 7.74. The summed E-state index contributed by atoms with van der Waals surface area (Å²) in [6.45, 7) is 8.24. The standard InChI is InChI=1S/C22H23BO3/c1-21(2)22(3,4)26-23(25-21)17-12-14-18(15-13-17)24-20-11-7-9-16-8-5-6-10-19(16)20/h5-15H,1-4H3. The summed E-state index contributed by atoms with van der Waals surface area (Å²) < 4.78 is 18.3. The Hall–Kier alpha value is -2.30. The fourth-order valence-electron chi connectivity index (χ4n) is 3.08. The molecular weight excluding hydrogens is 323 g/mol. The van der Waals surface area contributed by atoms with Crippen LogP contribution in [-0.2, 0) is 9.31 Å². The van der Waals surface area contributed by atoms with E-state index in [4.69, 9.17) is 14.0 Å². The van der Waals surface area contributed by atoms with Gasteiger partial charge in [-0.15, -0.1) is 0 Å². The van der Waals surface area contributed by atoms with Crippen LogP contribution < -0.4 is 10.2 Å². The van der Waals surface area contributed by atoms with Crippen LogP contribution in [0.3, 0.4) is 0 Å². The summed E-state index contributed by atoms with van der Waals surface area (Å²) in [6.07, 6.45) is 0. The lowest BCUT2D eigenvalue weighted by molar-refractivity contribution is 0.00578. The summed E-state index contributed by atoms with van der Waals surface area (Å²) >= 11 is 0. The van der Waals surface area contributed by atoms with Crippen LogP contribution >= 0.6 is 0 Å². The average Bonchev–Trinajstić information content (AvgIpc) is 2.84. The molecule has 0 aliphatic carbocycles. The maximum atomic E-state index is 6.11. The van der Waals surface area contributed by atoms with E-state index >= 15 is 0 Å². The van der Waals surface area contributed by atoms with Crippen molar-refractivity contribution in [2.75, 3.05) is 0 Å². The van der Waals surface area contributed by atoms with Crippen molar-refractivity contribution in [3.8, 4) is 11.5 Å². The van der Waals surface area contributed by atoms with E-state index in [0.29, 0.717) is 0 Å². The van der Waals surface area contributed by atoms with Crippen LogP contribution in [0.15, 0.2) is 66.7 Å². The molecule has 4 heteroatoms. The highest BCUT2D eigenvalue weighted by molar-refractivity contribution is 6.62. The number of benzene rings is 3. The zero-order chi connectivity index (χ0) is 18.4. The maximum Gasteiger partial charge on any atom is 0.494 e. The molecule has 26 heavy (non-hydrogen) atoms. The first-order valence-electron chi connectivity index (χ1n) is 8.97. The molecule has 3 aromatic carbocycles. The van der Waals surface area contributed by atoms with Gasteiger partial charge < -0.3 is 14.0 Å². The third kappa shape index (κ3) is 3.00. The topological polar surface area (TPSA) is 27.7 Å². The van der Waals surface area contributed by atoms with Crippen molar-refractivity contribution in [1.29, 1.82) is 0 Å². The van der Waals surface area contributed by atoms with Gasteiger partial charge >= 0.3 is 7.12 Å². The summed E-state index contributed by atoms with van der Waals surface area (Å²) in [5.74, 6) is 1.65. The lowest BCUT2D eigenvalue weighted by Crippen LogP contribution is -2.41. The van der Waals surface area contributed by atoms with Crippen LogP contribution in [0.25, 0.3) is 10.8 Å². The van der Waals surface area contributed by atoms with Crippen LogP contribution in [0.4, 0.5) is 0 Å². The van der Waals surface area contributed by atoms with Gasteiger partial charge in [0.25, 0.3) is 0 Å². The number of hydrogen-bond acceptors (Lipinski definition) is 3. The van der Waals surface area contributed by atoms with E-state index in [1.54, 1.807) is 0 Å². The highest BCUT2D eigenvalue weighted by Gasteiger charge is 2.51. The smallest absolute Gasteiger partial charge is 0.457 e. The molecule has 1 aliphatic rings. The zero-order valence-corrected chi connectivity index (χ0v) is 15.7. The van der Waals surface area contributed by atoms with Gasteiger partial charge in [0, 0.05) is 5.39 Å². The first-order chi connectivity index (χ1) is 12.4. The summed E-state index contributed by atoms with van der Waals surface area (Å²) in [7, 11) is -0.355. The molecule has 0 spiro atoms. The lowest BCUT2D eigenvalue weighted by atomic mass is 9.79. The van der Waals surface area contributed by atoms with Crippen molar-refractivity contribution in [3.05, 3.63) is 66.7 Å². The highest BCUT2D eigenvalue weighted by Crippen LogP contribution is 2.36. The number of fused-ring (bicyclic) bond motifs is 1. The third-order valence-electron chi connectivity index (χ3n) is 5.38. The molecule has 0 N–H and O–H groups in total. The number of hydrogen-bond donors (Lipinski definition) is 0. The fraction of sp³-hybridized carbons (Fsp3) is 0.273. The maximum absolute atomic E-state index is 6.11. The van der Waals surface area contributed by atoms with Gasteiger partial charge in [-0.2, -0.15) is 0 Å². The van der Waals surface area contributed by atoms with Crippen molar-refractivity contribution < 1.29 is 14.0 Å². The SMILES string of the molecule is CC1(C)OB(c2ccc(Oc3cccc4ccccc34)cc2)OC1(C)C. The summed E-state index contributed by atoms with van der Waals surface area (Å²) in [5.41, 5.74) is 0.319. The Morgan fingerprint density at radius 2 is 1.35 bits per heavy atom. The lowest BCUT2D eigenvalue weighted by Gasteiger charge is -2.32. The van der Waals surface area contributed by atoms with E-state index in [1.165, 1.54) is 5.39 Å².